The molecule has 0 radical (unpaired) electrons. The van der Waals surface area contributed by atoms with Crippen molar-refractivity contribution in [1.82, 2.24) is 0 Å². The highest BCUT2D eigenvalue weighted by Gasteiger charge is 2.62. The lowest BCUT2D eigenvalue weighted by Crippen LogP contribution is -2.55. The first-order chi connectivity index (χ1) is 9.18. The Hall–Kier alpha value is -0.320. The molecule has 2 aliphatic heterocycles. The molecular weight excluding hydrogens is 279 g/mol. The average molecular weight is 300 g/mol. The molecule has 0 aromatic rings. The van der Waals surface area contributed by atoms with Gasteiger partial charge in [0.25, 0.3) is 0 Å². The van der Waals surface area contributed by atoms with Gasteiger partial charge in [0.15, 0.2) is 23.5 Å². The second kappa shape index (κ2) is 4.34. The number of ketones is 1. The van der Waals surface area contributed by atoms with Gasteiger partial charge in [-0.05, 0) is 39.9 Å². The molecule has 0 bridgehead atoms. The Bertz CT molecular complexity index is 484. The maximum absolute atomic E-state index is 12.4. The van der Waals surface area contributed by atoms with Crippen molar-refractivity contribution < 1.29 is 23.7 Å². The third-order valence-corrected chi connectivity index (χ3v) is 4.31. The number of Topliss-reactive ketones (excluding diaryl/α,β-unsaturated/α-hetero) is 1. The number of carbonyl (C=O) groups is 1. The van der Waals surface area contributed by atoms with E-state index < -0.39 is 29.4 Å². The molecule has 5 nitrogen and oxygen atoms in total. The van der Waals surface area contributed by atoms with Crippen molar-refractivity contribution in [1.29, 1.82) is 0 Å². The highest BCUT2D eigenvalue weighted by atomic mass is 31.0. The molecule has 2 heterocycles. The molecule has 4 atom stereocenters. The van der Waals surface area contributed by atoms with E-state index >= 15 is 0 Å². The Morgan fingerprint density at radius 3 is 2.50 bits per heavy atom. The summed E-state index contributed by atoms with van der Waals surface area (Å²) >= 11 is 0. The molecule has 1 aliphatic carbocycles. The molecular formula is C14H21O5P. The monoisotopic (exact) mass is 300 g/mol. The Morgan fingerprint density at radius 1 is 1.25 bits per heavy atom. The molecule has 0 saturated carbocycles. The van der Waals surface area contributed by atoms with Crippen molar-refractivity contribution in [2.24, 2.45) is 0 Å². The Balaban J connectivity index is 2.04. The van der Waals surface area contributed by atoms with Gasteiger partial charge in [-0.3, -0.25) is 4.79 Å². The largest absolute Gasteiger partial charge is 0.347 e. The van der Waals surface area contributed by atoms with Gasteiger partial charge in [-0.1, -0.05) is 0 Å². The topological polar surface area (TPSA) is 54.0 Å². The molecule has 112 valence electrons. The fourth-order valence-electron chi connectivity index (χ4n) is 3.11. The van der Waals surface area contributed by atoms with Crippen molar-refractivity contribution >= 4 is 15.0 Å². The smallest absolute Gasteiger partial charge is 0.190 e. The molecule has 0 N–H and O–H groups in total. The van der Waals surface area contributed by atoms with Crippen LogP contribution in [0.15, 0.2) is 11.6 Å². The van der Waals surface area contributed by atoms with E-state index in [1.54, 1.807) is 0 Å². The van der Waals surface area contributed by atoms with E-state index in [-0.39, 0.29) is 5.78 Å². The van der Waals surface area contributed by atoms with Crippen LogP contribution in [0.4, 0.5) is 0 Å². The van der Waals surface area contributed by atoms with Gasteiger partial charge in [-0.25, -0.2) is 0 Å². The zero-order valence-electron chi connectivity index (χ0n) is 12.3. The van der Waals surface area contributed by atoms with E-state index in [1.807, 2.05) is 33.8 Å². The molecule has 3 aliphatic rings. The van der Waals surface area contributed by atoms with Gasteiger partial charge >= 0.3 is 0 Å². The Kier molecular flexibility index (Phi) is 3.17. The van der Waals surface area contributed by atoms with Crippen molar-refractivity contribution in [3.05, 3.63) is 11.6 Å². The van der Waals surface area contributed by atoms with Crippen LogP contribution in [-0.4, -0.2) is 47.9 Å². The number of rotatable bonds is 1. The summed E-state index contributed by atoms with van der Waals surface area (Å²) in [7, 11) is 2.58. The predicted molar refractivity (Wildman–Crippen MR) is 75.3 cm³/mol. The summed E-state index contributed by atoms with van der Waals surface area (Å²) in [4.78, 5) is 12.4. The fraction of sp³-hybridized carbons (Fsp3) is 0.786. The lowest BCUT2D eigenvalue weighted by atomic mass is 9.82. The number of fused-ring (bicyclic) bond motifs is 2. The molecule has 0 aromatic heterocycles. The fourth-order valence-corrected chi connectivity index (χ4v) is 3.43. The average Bonchev–Trinajstić information content (AvgIpc) is 2.82. The van der Waals surface area contributed by atoms with Gasteiger partial charge < -0.3 is 18.9 Å². The molecule has 1 unspecified atom stereocenters. The molecule has 0 amide bonds. The van der Waals surface area contributed by atoms with Crippen LogP contribution in [0.3, 0.4) is 0 Å². The third-order valence-electron chi connectivity index (χ3n) is 3.87. The van der Waals surface area contributed by atoms with Gasteiger partial charge in [0.2, 0.25) is 0 Å². The van der Waals surface area contributed by atoms with Crippen LogP contribution in [0.2, 0.25) is 0 Å². The van der Waals surface area contributed by atoms with E-state index in [0.29, 0.717) is 18.3 Å². The minimum Gasteiger partial charge on any atom is -0.347 e. The van der Waals surface area contributed by atoms with Gasteiger partial charge in [-0.2, -0.15) is 0 Å². The SMILES string of the molecule is CC1(C)O[C@H]2C(=O)C(CP)=C[C@@]3(COC(C)(C)O3)[C@H]2O1. The number of carbonyl (C=O) groups excluding carboxylic acids is 1. The minimum atomic E-state index is -0.793. The third kappa shape index (κ3) is 2.16. The van der Waals surface area contributed by atoms with E-state index in [0.717, 1.165) is 0 Å². The first-order valence-electron chi connectivity index (χ1n) is 6.84. The van der Waals surface area contributed by atoms with Crippen LogP contribution in [0.1, 0.15) is 27.7 Å². The summed E-state index contributed by atoms with van der Waals surface area (Å²) in [5, 5.41) is 0. The molecule has 2 fully saturated rings. The van der Waals surface area contributed by atoms with Crippen molar-refractivity contribution in [2.45, 2.75) is 57.1 Å². The van der Waals surface area contributed by atoms with Crippen molar-refractivity contribution in [2.75, 3.05) is 12.8 Å². The normalized spacial score (nSPS) is 41.9. The summed E-state index contributed by atoms with van der Waals surface area (Å²) in [6.07, 6.45) is 1.34. The molecule has 2 saturated heterocycles. The van der Waals surface area contributed by atoms with Crippen LogP contribution in [0, 0.1) is 0 Å². The van der Waals surface area contributed by atoms with Crippen LogP contribution in [-0.2, 0) is 23.7 Å². The first kappa shape index (κ1) is 14.6. The summed E-state index contributed by atoms with van der Waals surface area (Å²) in [5.74, 6) is -1.50. The van der Waals surface area contributed by atoms with Gasteiger partial charge in [-0.15, -0.1) is 9.24 Å². The van der Waals surface area contributed by atoms with Crippen molar-refractivity contribution in [3.63, 3.8) is 0 Å². The van der Waals surface area contributed by atoms with Crippen molar-refractivity contribution in [3.8, 4) is 0 Å². The van der Waals surface area contributed by atoms with E-state index in [2.05, 4.69) is 9.24 Å². The Morgan fingerprint density at radius 2 is 1.95 bits per heavy atom. The minimum absolute atomic E-state index is 0.0190. The van der Waals surface area contributed by atoms with E-state index in [4.69, 9.17) is 18.9 Å². The van der Waals surface area contributed by atoms with Gasteiger partial charge in [0.1, 0.15) is 11.7 Å². The first-order valence-corrected chi connectivity index (χ1v) is 7.65. The highest BCUT2D eigenvalue weighted by Crippen LogP contribution is 2.46. The second-order valence-corrected chi connectivity index (χ2v) is 6.87. The maximum atomic E-state index is 12.4. The number of hydrogen-bond acceptors (Lipinski definition) is 5. The Labute approximate surface area is 121 Å². The number of hydrogen-bond donors (Lipinski definition) is 0. The van der Waals surface area contributed by atoms with E-state index in [1.165, 1.54) is 0 Å². The lowest BCUT2D eigenvalue weighted by Gasteiger charge is -2.37. The van der Waals surface area contributed by atoms with E-state index in [9.17, 15) is 4.79 Å². The van der Waals surface area contributed by atoms with Crippen LogP contribution < -0.4 is 0 Å². The molecule has 3 rings (SSSR count). The zero-order chi connectivity index (χ0) is 14.8. The molecule has 0 aromatic carbocycles. The summed E-state index contributed by atoms with van der Waals surface area (Å²) in [5.41, 5.74) is -0.0549. The summed E-state index contributed by atoms with van der Waals surface area (Å²) in [6.45, 7) is 7.72. The zero-order valence-corrected chi connectivity index (χ0v) is 13.4. The molecule has 1 spiro atoms. The second-order valence-electron chi connectivity index (χ2n) is 6.46. The summed E-state index contributed by atoms with van der Waals surface area (Å²) in [6, 6.07) is 0. The highest BCUT2D eigenvalue weighted by molar-refractivity contribution is 7.17. The quantitative estimate of drug-likeness (QED) is 0.685. The summed E-state index contributed by atoms with van der Waals surface area (Å²) < 4.78 is 23.6. The standard InChI is InChI=1S/C14H21O5P/c1-12(2)16-7-14(19-12)5-8(6-20)9(15)10-11(14)18-13(3,4)17-10/h5,10-11H,6-7,20H2,1-4H3/t10-,11-,14+/m0/s1. The predicted octanol–water partition coefficient (Wildman–Crippen LogP) is 1.41. The van der Waals surface area contributed by atoms with Gasteiger partial charge in [0, 0.05) is 5.57 Å². The van der Waals surface area contributed by atoms with Crippen LogP contribution >= 0.6 is 9.24 Å². The van der Waals surface area contributed by atoms with Crippen LogP contribution in [0.25, 0.3) is 0 Å². The van der Waals surface area contributed by atoms with Gasteiger partial charge in [0.05, 0.1) is 6.61 Å². The van der Waals surface area contributed by atoms with Crippen LogP contribution in [0.5, 0.6) is 0 Å². The maximum Gasteiger partial charge on any atom is 0.190 e. The molecule has 20 heavy (non-hydrogen) atoms. The number of ether oxygens (including phenoxy) is 4. The molecule has 6 heteroatoms. The lowest BCUT2D eigenvalue weighted by molar-refractivity contribution is -0.192.